The van der Waals surface area contributed by atoms with E-state index in [2.05, 4.69) is 31.1 Å². The summed E-state index contributed by atoms with van der Waals surface area (Å²) >= 11 is 7.65. The van der Waals surface area contributed by atoms with Crippen LogP contribution in [-0.2, 0) is 12.8 Å². The second kappa shape index (κ2) is 9.16. The largest absolute Gasteiger partial charge is 0.322 e. The van der Waals surface area contributed by atoms with Gasteiger partial charge in [-0.2, -0.15) is 0 Å². The molecule has 4 rings (SSSR count). The molecular weight excluding hydrogens is 443 g/mol. The fourth-order valence-electron chi connectivity index (χ4n) is 4.12. The number of fused-ring (bicyclic) bond motifs is 1. The third-order valence-electron chi connectivity index (χ3n) is 5.96. The van der Waals surface area contributed by atoms with Crippen LogP contribution in [-0.4, -0.2) is 12.1 Å². The molecular formula is C26H26ClFN2OS. The van der Waals surface area contributed by atoms with Crippen LogP contribution < -0.4 is 5.32 Å². The van der Waals surface area contributed by atoms with Crippen LogP contribution in [0.5, 0.6) is 0 Å². The van der Waals surface area contributed by atoms with Gasteiger partial charge in [-0.3, -0.25) is 4.79 Å². The van der Waals surface area contributed by atoms with Gasteiger partial charge in [0, 0.05) is 21.8 Å². The fourth-order valence-corrected chi connectivity index (χ4v) is 5.57. The van der Waals surface area contributed by atoms with Gasteiger partial charge in [-0.1, -0.05) is 50.6 Å². The summed E-state index contributed by atoms with van der Waals surface area (Å²) in [6.45, 7) is 6.81. The van der Waals surface area contributed by atoms with E-state index in [4.69, 9.17) is 11.6 Å². The van der Waals surface area contributed by atoms with Crippen molar-refractivity contribution in [3.8, 4) is 0 Å². The van der Waals surface area contributed by atoms with Crippen LogP contribution in [0.15, 0.2) is 53.5 Å². The summed E-state index contributed by atoms with van der Waals surface area (Å²) in [5.74, 6) is 0.0503. The Balaban J connectivity index is 1.71. The first-order valence-electron chi connectivity index (χ1n) is 10.7. The van der Waals surface area contributed by atoms with Crippen LogP contribution >= 0.6 is 22.9 Å². The molecule has 1 atom stereocenters. The maximum atomic E-state index is 13.6. The number of amides is 1. The number of carbonyl (C=O) groups is 1. The number of halogens is 2. The van der Waals surface area contributed by atoms with E-state index in [0.717, 1.165) is 24.8 Å². The molecule has 1 aromatic heterocycles. The monoisotopic (exact) mass is 468 g/mol. The standard InChI is InChI=1S/C26H26ClFN2OS/c1-26(2,3)17-10-11-21-22(13-17)32-25(29-15-16-6-4-8-19(28)12-16)23(21)24(31)30-20-9-5-7-18(27)14-20/h4-9,12,14-15,17H,10-11,13H2,1-3H3,(H,30,31)/b29-15+. The fraction of sp³-hybridized carbons (Fsp3) is 0.308. The minimum Gasteiger partial charge on any atom is -0.322 e. The number of nitrogens with one attached hydrogen (secondary N) is 1. The third-order valence-corrected chi connectivity index (χ3v) is 7.36. The smallest absolute Gasteiger partial charge is 0.259 e. The molecule has 166 valence electrons. The zero-order valence-electron chi connectivity index (χ0n) is 18.4. The molecule has 1 amide bonds. The minimum absolute atomic E-state index is 0.189. The molecule has 0 saturated carbocycles. The highest BCUT2D eigenvalue weighted by molar-refractivity contribution is 7.16. The molecule has 1 aliphatic rings. The number of benzene rings is 2. The molecule has 1 aliphatic carbocycles. The summed E-state index contributed by atoms with van der Waals surface area (Å²) in [6, 6.07) is 13.4. The molecule has 3 nitrogen and oxygen atoms in total. The van der Waals surface area contributed by atoms with Crippen LogP contribution in [0.25, 0.3) is 0 Å². The van der Waals surface area contributed by atoms with Gasteiger partial charge < -0.3 is 5.32 Å². The van der Waals surface area contributed by atoms with Crippen molar-refractivity contribution < 1.29 is 9.18 Å². The molecule has 1 unspecified atom stereocenters. The molecule has 0 bridgehead atoms. The van der Waals surface area contributed by atoms with E-state index in [-0.39, 0.29) is 17.1 Å². The Morgan fingerprint density at radius 3 is 2.72 bits per heavy atom. The molecule has 0 aliphatic heterocycles. The molecule has 2 aromatic carbocycles. The Labute approximate surface area is 197 Å². The number of rotatable bonds is 4. The minimum atomic E-state index is -0.314. The number of aliphatic imine (C=N–C) groups is 1. The predicted molar refractivity (Wildman–Crippen MR) is 132 cm³/mol. The first-order chi connectivity index (χ1) is 15.2. The Morgan fingerprint density at radius 1 is 1.22 bits per heavy atom. The van der Waals surface area contributed by atoms with Crippen molar-refractivity contribution in [2.75, 3.05) is 5.32 Å². The highest BCUT2D eigenvalue weighted by Gasteiger charge is 2.33. The number of hydrogen-bond acceptors (Lipinski definition) is 3. The Hall–Kier alpha value is -2.50. The zero-order chi connectivity index (χ0) is 22.9. The average Bonchev–Trinajstić information content (AvgIpc) is 3.09. The Morgan fingerprint density at radius 2 is 2.00 bits per heavy atom. The zero-order valence-corrected chi connectivity index (χ0v) is 20.0. The van der Waals surface area contributed by atoms with E-state index in [9.17, 15) is 9.18 Å². The van der Waals surface area contributed by atoms with Crippen molar-refractivity contribution in [1.82, 2.24) is 0 Å². The second-order valence-corrected chi connectivity index (χ2v) is 10.8. The highest BCUT2D eigenvalue weighted by Crippen LogP contribution is 2.45. The summed E-state index contributed by atoms with van der Waals surface area (Å²) in [5.41, 5.74) is 3.21. The van der Waals surface area contributed by atoms with Crippen molar-refractivity contribution >= 4 is 45.7 Å². The summed E-state index contributed by atoms with van der Waals surface area (Å²) < 4.78 is 13.6. The molecule has 0 saturated heterocycles. The van der Waals surface area contributed by atoms with Gasteiger partial charge in [0.15, 0.2) is 0 Å². The van der Waals surface area contributed by atoms with E-state index in [1.165, 1.54) is 17.0 Å². The summed E-state index contributed by atoms with van der Waals surface area (Å²) in [5, 5.41) is 4.20. The van der Waals surface area contributed by atoms with Crippen molar-refractivity contribution in [3.63, 3.8) is 0 Å². The third kappa shape index (κ3) is 5.11. The number of thiophene rings is 1. The van der Waals surface area contributed by atoms with Crippen molar-refractivity contribution in [2.45, 2.75) is 40.0 Å². The lowest BCUT2D eigenvalue weighted by Gasteiger charge is -2.33. The molecule has 1 heterocycles. The second-order valence-electron chi connectivity index (χ2n) is 9.27. The lowest BCUT2D eigenvalue weighted by molar-refractivity contribution is 0.102. The molecule has 0 radical (unpaired) electrons. The first-order valence-corrected chi connectivity index (χ1v) is 11.9. The number of carbonyl (C=O) groups excluding carboxylic acids is 1. The predicted octanol–water partition coefficient (Wildman–Crippen LogP) is 7.69. The summed E-state index contributed by atoms with van der Waals surface area (Å²) in [4.78, 5) is 19.2. The van der Waals surface area contributed by atoms with E-state index in [1.54, 1.807) is 47.9 Å². The summed E-state index contributed by atoms with van der Waals surface area (Å²) in [6.07, 6.45) is 4.45. The van der Waals surface area contributed by atoms with E-state index < -0.39 is 0 Å². The van der Waals surface area contributed by atoms with Crippen molar-refractivity contribution in [1.29, 1.82) is 0 Å². The van der Waals surface area contributed by atoms with Gasteiger partial charge in [-0.25, -0.2) is 9.38 Å². The number of hydrogen-bond donors (Lipinski definition) is 1. The van der Waals surface area contributed by atoms with E-state index in [0.29, 0.717) is 32.8 Å². The number of nitrogens with zero attached hydrogens (tertiary/aromatic N) is 1. The van der Waals surface area contributed by atoms with Gasteiger partial charge in [-0.05, 0) is 72.1 Å². The average molecular weight is 469 g/mol. The molecule has 3 aromatic rings. The Bertz CT molecular complexity index is 1180. The van der Waals surface area contributed by atoms with Gasteiger partial charge in [0.2, 0.25) is 0 Å². The van der Waals surface area contributed by atoms with Crippen LogP contribution in [0.2, 0.25) is 5.02 Å². The van der Waals surface area contributed by atoms with Gasteiger partial charge in [0.05, 0.1) is 5.56 Å². The summed E-state index contributed by atoms with van der Waals surface area (Å²) in [7, 11) is 0. The molecule has 0 fully saturated rings. The van der Waals surface area contributed by atoms with Gasteiger partial charge in [0.1, 0.15) is 10.8 Å². The van der Waals surface area contributed by atoms with Crippen molar-refractivity contribution in [3.05, 3.63) is 80.9 Å². The van der Waals surface area contributed by atoms with Crippen LogP contribution in [0, 0.1) is 17.2 Å². The van der Waals surface area contributed by atoms with Crippen LogP contribution in [0.3, 0.4) is 0 Å². The highest BCUT2D eigenvalue weighted by atomic mass is 35.5. The molecule has 1 N–H and O–H groups in total. The van der Waals surface area contributed by atoms with E-state index >= 15 is 0 Å². The van der Waals surface area contributed by atoms with Gasteiger partial charge in [-0.15, -0.1) is 11.3 Å². The SMILES string of the molecule is CC(C)(C)C1CCc2c(sc(/N=C/c3cccc(F)c3)c2C(=O)Nc2cccc(Cl)c2)C1. The lowest BCUT2D eigenvalue weighted by Crippen LogP contribution is -2.27. The maximum absolute atomic E-state index is 13.6. The maximum Gasteiger partial charge on any atom is 0.259 e. The molecule has 6 heteroatoms. The van der Waals surface area contributed by atoms with E-state index in [1.807, 2.05) is 6.07 Å². The van der Waals surface area contributed by atoms with Gasteiger partial charge >= 0.3 is 0 Å². The molecule has 0 spiro atoms. The van der Waals surface area contributed by atoms with Gasteiger partial charge in [0.25, 0.3) is 5.91 Å². The Kier molecular flexibility index (Phi) is 6.50. The quantitative estimate of drug-likeness (QED) is 0.391. The number of anilines is 1. The first kappa shape index (κ1) is 22.7. The molecule has 32 heavy (non-hydrogen) atoms. The van der Waals surface area contributed by atoms with Crippen LogP contribution in [0.4, 0.5) is 15.1 Å². The lowest BCUT2D eigenvalue weighted by atomic mass is 9.72. The normalized spacial score (nSPS) is 16.2. The van der Waals surface area contributed by atoms with Crippen molar-refractivity contribution in [2.24, 2.45) is 16.3 Å². The van der Waals surface area contributed by atoms with Crippen LogP contribution in [0.1, 0.15) is 53.6 Å². The topological polar surface area (TPSA) is 41.5 Å².